The molecule has 4 nitrogen and oxygen atoms in total. The fourth-order valence-corrected chi connectivity index (χ4v) is 1.93. The molecule has 0 fully saturated rings. The molecule has 0 saturated heterocycles. The van der Waals surface area contributed by atoms with E-state index >= 15 is 0 Å². The van der Waals surface area contributed by atoms with Crippen LogP contribution in [0.5, 0.6) is 11.5 Å². The van der Waals surface area contributed by atoms with Gasteiger partial charge in [-0.3, -0.25) is 0 Å². The number of nitrogens with zero attached hydrogens (tertiary/aromatic N) is 1. The van der Waals surface area contributed by atoms with E-state index in [2.05, 4.69) is 30.9 Å². The van der Waals surface area contributed by atoms with E-state index in [0.29, 0.717) is 13.2 Å². The molecule has 0 aromatic heterocycles. The molecule has 1 rings (SSSR count). The van der Waals surface area contributed by atoms with Crippen LogP contribution in [0.4, 0.5) is 0 Å². The van der Waals surface area contributed by atoms with Crippen LogP contribution in [0.1, 0.15) is 12.5 Å². The molecule has 1 aromatic rings. The molecule has 0 bridgehead atoms. The Kier molecular flexibility index (Phi) is 8.55. The first-order chi connectivity index (χ1) is 10.2. The summed E-state index contributed by atoms with van der Waals surface area (Å²) >= 11 is 0. The molecule has 118 valence electrons. The van der Waals surface area contributed by atoms with Crippen LogP contribution in [0.2, 0.25) is 0 Å². The van der Waals surface area contributed by atoms with Gasteiger partial charge in [0.1, 0.15) is 18.1 Å². The number of nitrogens with one attached hydrogen (secondary N) is 1. The first kappa shape index (κ1) is 17.5. The van der Waals surface area contributed by atoms with Crippen LogP contribution in [0.15, 0.2) is 30.9 Å². The molecule has 0 amide bonds. The summed E-state index contributed by atoms with van der Waals surface area (Å²) in [6.45, 7) is 9.95. The summed E-state index contributed by atoms with van der Waals surface area (Å²) in [4.78, 5) is 2.16. The Morgan fingerprint density at radius 3 is 2.71 bits per heavy atom. The highest BCUT2D eigenvalue weighted by Crippen LogP contribution is 2.25. The van der Waals surface area contributed by atoms with Gasteiger partial charge >= 0.3 is 0 Å². The van der Waals surface area contributed by atoms with Gasteiger partial charge in [0.2, 0.25) is 0 Å². The Labute approximate surface area is 128 Å². The number of hydrogen-bond acceptors (Lipinski definition) is 4. The largest absolute Gasteiger partial charge is 0.494 e. The number of allylic oxidation sites excluding steroid dienone is 1. The molecule has 0 heterocycles. The lowest BCUT2D eigenvalue weighted by Gasteiger charge is -2.14. The topological polar surface area (TPSA) is 33.7 Å². The maximum atomic E-state index is 5.85. The van der Waals surface area contributed by atoms with Crippen LogP contribution in [-0.2, 0) is 6.42 Å². The van der Waals surface area contributed by atoms with Crippen molar-refractivity contribution in [3.8, 4) is 11.5 Å². The van der Waals surface area contributed by atoms with Gasteiger partial charge in [-0.1, -0.05) is 6.08 Å². The molecule has 0 radical (unpaired) electrons. The van der Waals surface area contributed by atoms with Crippen molar-refractivity contribution in [2.24, 2.45) is 0 Å². The Hall–Kier alpha value is -1.52. The third-order valence-corrected chi connectivity index (χ3v) is 2.98. The summed E-state index contributed by atoms with van der Waals surface area (Å²) in [6, 6.07) is 5.95. The molecular weight excluding hydrogens is 264 g/mol. The van der Waals surface area contributed by atoms with Crippen molar-refractivity contribution in [1.29, 1.82) is 0 Å². The molecule has 0 atom stereocenters. The van der Waals surface area contributed by atoms with Gasteiger partial charge in [-0.2, -0.15) is 0 Å². The highest BCUT2D eigenvalue weighted by Gasteiger charge is 2.05. The lowest BCUT2D eigenvalue weighted by molar-refractivity contribution is 0.304. The monoisotopic (exact) mass is 292 g/mol. The van der Waals surface area contributed by atoms with E-state index in [1.165, 1.54) is 0 Å². The van der Waals surface area contributed by atoms with Crippen molar-refractivity contribution in [2.75, 3.05) is 46.9 Å². The third-order valence-electron chi connectivity index (χ3n) is 2.98. The zero-order valence-electron chi connectivity index (χ0n) is 13.5. The standard InChI is InChI=1S/C17H28N2O2/c1-5-7-15-14-16(20-6-2)8-9-17(15)21-13-11-18-10-12-19(3)4/h5,8-9,14,18H,1,6-7,10-13H2,2-4H3. The Bertz CT molecular complexity index is 419. The van der Waals surface area contributed by atoms with E-state index in [0.717, 1.165) is 43.1 Å². The highest BCUT2D eigenvalue weighted by molar-refractivity contribution is 5.41. The lowest BCUT2D eigenvalue weighted by atomic mass is 10.1. The molecule has 1 aromatic carbocycles. The van der Waals surface area contributed by atoms with Crippen molar-refractivity contribution in [2.45, 2.75) is 13.3 Å². The second-order valence-corrected chi connectivity index (χ2v) is 5.10. The van der Waals surface area contributed by atoms with Gasteiger partial charge in [-0.25, -0.2) is 0 Å². The maximum Gasteiger partial charge on any atom is 0.123 e. The summed E-state index contributed by atoms with van der Waals surface area (Å²) in [5, 5.41) is 3.36. The number of ether oxygens (including phenoxy) is 2. The zero-order valence-corrected chi connectivity index (χ0v) is 13.5. The second kappa shape index (κ2) is 10.2. The minimum atomic E-state index is 0.658. The summed E-state index contributed by atoms with van der Waals surface area (Å²) in [5.41, 5.74) is 1.12. The van der Waals surface area contributed by atoms with Crippen LogP contribution in [0.3, 0.4) is 0 Å². The summed E-state index contributed by atoms with van der Waals surface area (Å²) in [5.74, 6) is 1.79. The smallest absolute Gasteiger partial charge is 0.123 e. The Morgan fingerprint density at radius 2 is 2.05 bits per heavy atom. The van der Waals surface area contributed by atoms with Gasteiger partial charge in [0.05, 0.1) is 6.61 Å². The predicted molar refractivity (Wildman–Crippen MR) is 88.4 cm³/mol. The molecule has 4 heteroatoms. The molecular formula is C17H28N2O2. The van der Waals surface area contributed by atoms with Gasteiger partial charge in [-0.05, 0) is 45.6 Å². The average Bonchev–Trinajstić information content (AvgIpc) is 2.45. The van der Waals surface area contributed by atoms with Gasteiger partial charge in [-0.15, -0.1) is 6.58 Å². The van der Waals surface area contributed by atoms with Crippen molar-refractivity contribution in [3.05, 3.63) is 36.4 Å². The molecule has 21 heavy (non-hydrogen) atoms. The van der Waals surface area contributed by atoms with E-state index in [9.17, 15) is 0 Å². The highest BCUT2D eigenvalue weighted by atomic mass is 16.5. The van der Waals surface area contributed by atoms with Crippen LogP contribution < -0.4 is 14.8 Å². The van der Waals surface area contributed by atoms with E-state index in [4.69, 9.17) is 9.47 Å². The zero-order chi connectivity index (χ0) is 15.5. The number of hydrogen-bond donors (Lipinski definition) is 1. The van der Waals surface area contributed by atoms with Crippen LogP contribution in [-0.4, -0.2) is 51.8 Å². The quantitative estimate of drug-likeness (QED) is 0.501. The van der Waals surface area contributed by atoms with Crippen molar-refractivity contribution >= 4 is 0 Å². The SMILES string of the molecule is C=CCc1cc(OCC)ccc1OCCNCCN(C)C. The summed E-state index contributed by atoms with van der Waals surface area (Å²) in [7, 11) is 4.14. The van der Waals surface area contributed by atoms with E-state index in [1.54, 1.807) is 0 Å². The van der Waals surface area contributed by atoms with Gasteiger partial charge < -0.3 is 19.7 Å². The molecule has 1 N–H and O–H groups in total. The normalized spacial score (nSPS) is 10.7. The molecule has 0 aliphatic carbocycles. The van der Waals surface area contributed by atoms with Crippen molar-refractivity contribution in [3.63, 3.8) is 0 Å². The first-order valence-corrected chi connectivity index (χ1v) is 7.52. The second-order valence-electron chi connectivity index (χ2n) is 5.10. The average molecular weight is 292 g/mol. The molecule has 0 aliphatic heterocycles. The van der Waals surface area contributed by atoms with Crippen LogP contribution in [0.25, 0.3) is 0 Å². The van der Waals surface area contributed by atoms with Crippen LogP contribution >= 0.6 is 0 Å². The van der Waals surface area contributed by atoms with Gasteiger partial charge in [0.15, 0.2) is 0 Å². The van der Waals surface area contributed by atoms with Crippen LogP contribution in [0, 0.1) is 0 Å². The fourth-order valence-electron chi connectivity index (χ4n) is 1.93. The number of rotatable bonds is 11. The van der Waals surface area contributed by atoms with Crippen molar-refractivity contribution in [1.82, 2.24) is 10.2 Å². The third kappa shape index (κ3) is 7.16. The van der Waals surface area contributed by atoms with Gasteiger partial charge in [0, 0.05) is 25.2 Å². The molecule has 0 spiro atoms. The Morgan fingerprint density at radius 1 is 1.24 bits per heavy atom. The molecule has 0 unspecified atom stereocenters. The van der Waals surface area contributed by atoms with E-state index < -0.39 is 0 Å². The summed E-state index contributed by atoms with van der Waals surface area (Å²) < 4.78 is 11.4. The predicted octanol–water partition coefficient (Wildman–Crippen LogP) is 2.34. The molecule has 0 saturated carbocycles. The fraction of sp³-hybridized carbons (Fsp3) is 0.529. The van der Waals surface area contributed by atoms with Gasteiger partial charge in [0.25, 0.3) is 0 Å². The first-order valence-electron chi connectivity index (χ1n) is 7.52. The van der Waals surface area contributed by atoms with Crippen molar-refractivity contribution < 1.29 is 9.47 Å². The van der Waals surface area contributed by atoms with E-state index in [1.807, 2.05) is 31.2 Å². The molecule has 0 aliphatic rings. The lowest BCUT2D eigenvalue weighted by Crippen LogP contribution is -2.29. The minimum Gasteiger partial charge on any atom is -0.494 e. The number of likely N-dealkylation sites (N-methyl/N-ethyl adjacent to an activating group) is 1. The minimum absolute atomic E-state index is 0.658. The number of benzene rings is 1. The summed E-state index contributed by atoms with van der Waals surface area (Å²) in [6.07, 6.45) is 2.66. The maximum absolute atomic E-state index is 5.85. The van der Waals surface area contributed by atoms with E-state index in [-0.39, 0.29) is 0 Å². The Balaban J connectivity index is 2.44.